The van der Waals surface area contributed by atoms with Gasteiger partial charge in [0.1, 0.15) is 11.6 Å². The summed E-state index contributed by atoms with van der Waals surface area (Å²) in [4.78, 5) is 4.85. The maximum Gasteiger partial charge on any atom is 0.145 e. The Bertz CT molecular complexity index is 1180. The summed E-state index contributed by atoms with van der Waals surface area (Å²) < 4.78 is 33.2. The van der Waals surface area contributed by atoms with Crippen molar-refractivity contribution < 1.29 is 7.13 Å². The van der Waals surface area contributed by atoms with E-state index in [1.165, 1.54) is 12.1 Å². The maximum atomic E-state index is 13.6. The fraction of sp³-hybridized carbons (Fsp3) is 0.240. The first kappa shape index (κ1) is 16.1. The molecule has 0 fully saturated rings. The second-order valence-corrected chi connectivity index (χ2v) is 7.47. The first-order valence-corrected chi connectivity index (χ1v) is 9.45. The van der Waals surface area contributed by atoms with Gasteiger partial charge in [0.05, 0.1) is 16.7 Å². The normalized spacial score (nSPS) is 13.5. The Morgan fingerprint density at radius 1 is 0.821 bits per heavy atom. The van der Waals surface area contributed by atoms with Crippen molar-refractivity contribution in [3.63, 3.8) is 0 Å². The molecule has 0 bridgehead atoms. The van der Waals surface area contributed by atoms with Gasteiger partial charge in [-0.25, -0.2) is 9.37 Å². The molecular formula is C25H25FN2. The summed E-state index contributed by atoms with van der Waals surface area (Å²) in [5.74, 6) is -1.41. The van der Waals surface area contributed by atoms with Crippen LogP contribution in [0.2, 0.25) is 0 Å². The Morgan fingerprint density at radius 2 is 1.43 bits per heavy atom. The lowest BCUT2D eigenvalue weighted by molar-refractivity contribution is 0.628. The number of para-hydroxylation sites is 3. The van der Waals surface area contributed by atoms with E-state index in [-0.39, 0.29) is 5.82 Å². The number of halogens is 1. The number of nitrogens with zero attached hydrogens (tertiary/aromatic N) is 2. The van der Waals surface area contributed by atoms with Crippen LogP contribution in [0.25, 0.3) is 28.1 Å². The summed E-state index contributed by atoms with van der Waals surface area (Å²) >= 11 is 0. The van der Waals surface area contributed by atoms with Crippen LogP contribution in [0.15, 0.2) is 66.7 Å². The van der Waals surface area contributed by atoms with Gasteiger partial charge in [0, 0.05) is 8.30 Å². The molecule has 1 heterocycles. The van der Waals surface area contributed by atoms with E-state index in [9.17, 15) is 4.39 Å². The van der Waals surface area contributed by atoms with E-state index in [4.69, 9.17) is 7.73 Å². The van der Waals surface area contributed by atoms with Crippen molar-refractivity contribution in [3.8, 4) is 17.1 Å². The number of benzene rings is 3. The summed E-state index contributed by atoms with van der Waals surface area (Å²) in [6.45, 7) is 7.40. The first-order chi connectivity index (χ1) is 14.1. The molecule has 0 aliphatic carbocycles. The minimum absolute atomic E-state index is 0.304. The number of rotatable bonds is 4. The fourth-order valence-electron chi connectivity index (χ4n) is 3.64. The lowest BCUT2D eigenvalue weighted by atomic mass is 9.92. The van der Waals surface area contributed by atoms with Crippen molar-refractivity contribution >= 4 is 11.0 Å². The predicted molar refractivity (Wildman–Crippen MR) is 115 cm³/mol. The lowest BCUT2D eigenvalue weighted by Crippen LogP contribution is -2.08. The molecular weight excluding hydrogens is 347 g/mol. The van der Waals surface area contributed by atoms with E-state index < -0.39 is 11.8 Å². The van der Waals surface area contributed by atoms with Crippen molar-refractivity contribution in [3.05, 3.63) is 83.7 Å². The highest BCUT2D eigenvalue weighted by Gasteiger charge is 2.21. The molecule has 3 aromatic carbocycles. The fourth-order valence-corrected chi connectivity index (χ4v) is 3.64. The second kappa shape index (κ2) is 7.23. The number of fused-ring (bicyclic) bond motifs is 1. The minimum Gasteiger partial charge on any atom is -0.292 e. The molecule has 1 aromatic heterocycles. The van der Waals surface area contributed by atoms with Crippen molar-refractivity contribution in [2.75, 3.05) is 0 Å². The average molecular weight is 374 g/mol. The van der Waals surface area contributed by atoms with E-state index in [0.29, 0.717) is 5.82 Å². The zero-order chi connectivity index (χ0) is 21.7. The summed E-state index contributed by atoms with van der Waals surface area (Å²) in [6, 6.07) is 19.9. The highest BCUT2D eigenvalue weighted by molar-refractivity contribution is 5.84. The summed E-state index contributed by atoms with van der Waals surface area (Å²) in [6.07, 6.45) is 0. The molecule has 28 heavy (non-hydrogen) atoms. The molecule has 0 saturated carbocycles. The smallest absolute Gasteiger partial charge is 0.145 e. The Kier molecular flexibility index (Phi) is 4.15. The van der Waals surface area contributed by atoms with Crippen LogP contribution >= 0.6 is 0 Å². The molecule has 0 amide bonds. The van der Waals surface area contributed by atoms with E-state index in [1.54, 1.807) is 12.1 Å². The van der Waals surface area contributed by atoms with Gasteiger partial charge in [0.15, 0.2) is 0 Å². The Labute approximate surface area is 168 Å². The number of aromatic nitrogens is 2. The Morgan fingerprint density at radius 3 is 2.04 bits per heavy atom. The second-order valence-electron chi connectivity index (χ2n) is 7.47. The molecule has 0 aliphatic rings. The van der Waals surface area contributed by atoms with E-state index in [1.807, 2.05) is 74.7 Å². The molecule has 0 spiro atoms. The molecule has 0 saturated heterocycles. The van der Waals surface area contributed by atoms with E-state index >= 15 is 0 Å². The van der Waals surface area contributed by atoms with Crippen LogP contribution in [-0.2, 0) is 0 Å². The van der Waals surface area contributed by atoms with Crippen LogP contribution in [0.4, 0.5) is 4.39 Å². The SMILES string of the molecule is [2H]C(C)(C)c1cccc(C([2H])(C)C)c1-n1c(-c2ccc(F)cc2)nc2ccccc21. The molecule has 4 rings (SSSR count). The standard InChI is InChI=1S/C25H25FN2/c1-16(2)20-8-7-9-21(17(3)4)24(20)28-23-11-6-5-10-22(23)27-25(28)18-12-14-19(26)15-13-18/h5-17H,1-4H3/i16D,17D. The van der Waals surface area contributed by atoms with Gasteiger partial charge >= 0.3 is 0 Å². The monoisotopic (exact) mass is 374 g/mol. The molecule has 0 aliphatic heterocycles. The highest BCUT2D eigenvalue weighted by atomic mass is 19.1. The zero-order valence-electron chi connectivity index (χ0n) is 18.6. The van der Waals surface area contributed by atoms with Gasteiger partial charge in [-0.15, -0.1) is 0 Å². The molecule has 0 atom stereocenters. The van der Waals surface area contributed by atoms with Crippen LogP contribution < -0.4 is 0 Å². The quantitative estimate of drug-likeness (QED) is 0.373. The van der Waals surface area contributed by atoms with Crippen molar-refractivity contribution in [2.45, 2.75) is 39.5 Å². The molecule has 4 aromatic rings. The number of hydrogen-bond acceptors (Lipinski definition) is 1. The molecule has 0 unspecified atom stereocenters. The summed E-state index contributed by atoms with van der Waals surface area (Å²) in [7, 11) is 0. The van der Waals surface area contributed by atoms with Crippen LogP contribution in [-0.4, -0.2) is 9.55 Å². The topological polar surface area (TPSA) is 17.8 Å². The van der Waals surface area contributed by atoms with Gasteiger partial charge in [-0.1, -0.05) is 58.0 Å². The first-order valence-electron chi connectivity index (χ1n) is 10.4. The van der Waals surface area contributed by atoms with Crippen molar-refractivity contribution in [1.29, 1.82) is 0 Å². The van der Waals surface area contributed by atoms with Gasteiger partial charge in [0.2, 0.25) is 0 Å². The highest BCUT2D eigenvalue weighted by Crippen LogP contribution is 2.37. The summed E-state index contributed by atoms with van der Waals surface area (Å²) in [5, 5.41) is 0. The number of imidazole rings is 1. The van der Waals surface area contributed by atoms with Crippen molar-refractivity contribution in [2.24, 2.45) is 0 Å². The Hall–Kier alpha value is -2.94. The van der Waals surface area contributed by atoms with Gasteiger partial charge in [0.25, 0.3) is 0 Å². The molecule has 2 nitrogen and oxygen atoms in total. The zero-order valence-corrected chi connectivity index (χ0v) is 16.6. The molecule has 3 heteroatoms. The van der Waals surface area contributed by atoms with Crippen LogP contribution in [0, 0.1) is 5.82 Å². The van der Waals surface area contributed by atoms with Crippen LogP contribution in [0.3, 0.4) is 0 Å². The molecule has 0 radical (unpaired) electrons. The van der Waals surface area contributed by atoms with Gasteiger partial charge in [-0.2, -0.15) is 0 Å². The summed E-state index contributed by atoms with van der Waals surface area (Å²) in [5.41, 5.74) is 4.89. The lowest BCUT2D eigenvalue weighted by Gasteiger charge is -2.22. The maximum absolute atomic E-state index is 13.6. The van der Waals surface area contributed by atoms with Gasteiger partial charge < -0.3 is 0 Å². The van der Waals surface area contributed by atoms with E-state index in [0.717, 1.165) is 33.4 Å². The number of hydrogen-bond donors (Lipinski definition) is 0. The van der Waals surface area contributed by atoms with Crippen LogP contribution in [0.5, 0.6) is 0 Å². The predicted octanol–water partition coefficient (Wildman–Crippen LogP) is 7.08. The van der Waals surface area contributed by atoms with Crippen LogP contribution in [0.1, 0.15) is 53.4 Å². The third kappa shape index (κ3) is 3.11. The third-order valence-corrected chi connectivity index (χ3v) is 5.00. The Balaban J connectivity index is 2.17. The molecule has 142 valence electrons. The minimum atomic E-state index is -0.887. The van der Waals surface area contributed by atoms with Gasteiger partial charge in [-0.3, -0.25) is 4.57 Å². The van der Waals surface area contributed by atoms with Gasteiger partial charge in [-0.05, 0) is 59.3 Å². The third-order valence-electron chi connectivity index (χ3n) is 5.00. The average Bonchev–Trinajstić information content (AvgIpc) is 3.06. The van der Waals surface area contributed by atoms with E-state index in [2.05, 4.69) is 0 Å². The molecule has 0 N–H and O–H groups in total. The largest absolute Gasteiger partial charge is 0.292 e. The van der Waals surface area contributed by atoms with Crippen molar-refractivity contribution in [1.82, 2.24) is 9.55 Å².